The Morgan fingerprint density at radius 1 is 1.44 bits per heavy atom. The molecule has 0 bridgehead atoms. The molecule has 0 aliphatic carbocycles. The highest BCUT2D eigenvalue weighted by Gasteiger charge is 2.18. The number of anilines is 1. The molecule has 18 heavy (non-hydrogen) atoms. The van der Waals surface area contributed by atoms with Crippen molar-refractivity contribution in [3.63, 3.8) is 0 Å². The molecule has 0 radical (unpaired) electrons. The standard InChI is InChI=1S/C13H21N5/c1-5-11-10(7-18(4)17-11)12-9(6-8(2)3)13(14)16-15-12/h7-8H,5-6H2,1-4H3,(H3,14,15,16). The maximum atomic E-state index is 5.96. The van der Waals surface area contributed by atoms with Crippen LogP contribution in [-0.4, -0.2) is 20.0 Å². The molecule has 0 saturated heterocycles. The third-order valence-corrected chi connectivity index (χ3v) is 3.02. The lowest BCUT2D eigenvalue weighted by Crippen LogP contribution is -1.99. The number of hydrogen-bond donors (Lipinski definition) is 2. The minimum absolute atomic E-state index is 0.547. The molecule has 5 heteroatoms. The lowest BCUT2D eigenvalue weighted by atomic mass is 9.99. The maximum absolute atomic E-state index is 5.96. The predicted molar refractivity (Wildman–Crippen MR) is 73.1 cm³/mol. The van der Waals surface area contributed by atoms with Gasteiger partial charge in [-0.1, -0.05) is 20.8 Å². The number of H-pyrrole nitrogens is 1. The van der Waals surface area contributed by atoms with Gasteiger partial charge >= 0.3 is 0 Å². The predicted octanol–water partition coefficient (Wildman–Crippen LogP) is 2.15. The number of nitrogens with zero attached hydrogens (tertiary/aromatic N) is 3. The molecule has 0 unspecified atom stereocenters. The molecule has 0 saturated carbocycles. The van der Waals surface area contributed by atoms with Gasteiger partial charge in [-0.2, -0.15) is 10.2 Å². The van der Waals surface area contributed by atoms with Crippen LogP contribution in [0.2, 0.25) is 0 Å². The van der Waals surface area contributed by atoms with Gasteiger partial charge in [0.05, 0.1) is 11.4 Å². The van der Waals surface area contributed by atoms with Gasteiger partial charge in [0.15, 0.2) is 0 Å². The second-order valence-corrected chi connectivity index (χ2v) is 5.08. The number of aromatic amines is 1. The van der Waals surface area contributed by atoms with E-state index in [-0.39, 0.29) is 0 Å². The van der Waals surface area contributed by atoms with Crippen LogP contribution >= 0.6 is 0 Å². The highest BCUT2D eigenvalue weighted by atomic mass is 15.3. The van der Waals surface area contributed by atoms with Gasteiger partial charge in [0.2, 0.25) is 0 Å². The summed E-state index contributed by atoms with van der Waals surface area (Å²) in [4.78, 5) is 0. The number of aryl methyl sites for hydroxylation is 2. The van der Waals surface area contributed by atoms with Crippen LogP contribution < -0.4 is 5.73 Å². The minimum atomic E-state index is 0.547. The highest BCUT2D eigenvalue weighted by Crippen LogP contribution is 2.29. The fourth-order valence-electron chi connectivity index (χ4n) is 2.22. The van der Waals surface area contributed by atoms with Crippen molar-refractivity contribution in [3.8, 4) is 11.3 Å². The average Bonchev–Trinajstić information content (AvgIpc) is 2.83. The second kappa shape index (κ2) is 4.84. The number of aromatic nitrogens is 4. The zero-order chi connectivity index (χ0) is 13.3. The molecule has 0 amide bonds. The van der Waals surface area contributed by atoms with Crippen LogP contribution in [-0.2, 0) is 19.9 Å². The molecular weight excluding hydrogens is 226 g/mol. The van der Waals surface area contributed by atoms with Crippen molar-refractivity contribution in [2.75, 3.05) is 5.73 Å². The molecule has 98 valence electrons. The SMILES string of the molecule is CCc1nn(C)cc1-c1[nH]nc(N)c1CC(C)C. The number of hydrogen-bond acceptors (Lipinski definition) is 3. The third-order valence-electron chi connectivity index (χ3n) is 3.02. The first-order valence-corrected chi connectivity index (χ1v) is 6.38. The molecule has 0 atom stereocenters. The molecule has 0 aliphatic heterocycles. The molecule has 3 N–H and O–H groups in total. The largest absolute Gasteiger partial charge is 0.382 e. The van der Waals surface area contributed by atoms with Gasteiger partial charge in [-0.15, -0.1) is 0 Å². The summed E-state index contributed by atoms with van der Waals surface area (Å²) < 4.78 is 1.84. The van der Waals surface area contributed by atoms with Gasteiger partial charge in [0, 0.05) is 24.4 Å². The Morgan fingerprint density at radius 2 is 2.17 bits per heavy atom. The first-order valence-electron chi connectivity index (χ1n) is 6.38. The summed E-state index contributed by atoms with van der Waals surface area (Å²) in [6, 6.07) is 0. The molecule has 0 spiro atoms. The van der Waals surface area contributed by atoms with E-state index in [1.165, 1.54) is 0 Å². The Morgan fingerprint density at radius 3 is 2.78 bits per heavy atom. The van der Waals surface area contributed by atoms with Crippen LogP contribution in [0, 0.1) is 5.92 Å². The van der Waals surface area contributed by atoms with Gasteiger partial charge in [-0.25, -0.2) is 0 Å². The third kappa shape index (κ3) is 2.25. The Kier molecular flexibility index (Phi) is 3.41. The van der Waals surface area contributed by atoms with Crippen molar-refractivity contribution < 1.29 is 0 Å². The van der Waals surface area contributed by atoms with Gasteiger partial charge in [0.1, 0.15) is 5.82 Å². The number of rotatable bonds is 4. The summed E-state index contributed by atoms with van der Waals surface area (Å²) >= 11 is 0. The van der Waals surface area contributed by atoms with Crippen LogP contribution in [0.3, 0.4) is 0 Å². The maximum Gasteiger partial charge on any atom is 0.149 e. The number of nitrogens with two attached hydrogens (primary N) is 1. The Hall–Kier alpha value is -1.78. The van der Waals surface area contributed by atoms with Crippen LogP contribution in [0.15, 0.2) is 6.20 Å². The van der Waals surface area contributed by atoms with E-state index in [9.17, 15) is 0 Å². The first kappa shape index (κ1) is 12.7. The number of nitrogens with one attached hydrogen (secondary N) is 1. The smallest absolute Gasteiger partial charge is 0.149 e. The van der Waals surface area contributed by atoms with E-state index in [4.69, 9.17) is 5.73 Å². The summed E-state index contributed by atoms with van der Waals surface area (Å²) in [6.07, 6.45) is 3.85. The summed E-state index contributed by atoms with van der Waals surface area (Å²) in [5, 5.41) is 11.7. The molecule has 2 aromatic heterocycles. The summed E-state index contributed by atoms with van der Waals surface area (Å²) in [5.74, 6) is 1.15. The lowest BCUT2D eigenvalue weighted by molar-refractivity contribution is 0.649. The van der Waals surface area contributed by atoms with E-state index in [2.05, 4.69) is 36.1 Å². The van der Waals surface area contributed by atoms with Gasteiger partial charge in [-0.05, 0) is 18.8 Å². The molecule has 0 aliphatic rings. The second-order valence-electron chi connectivity index (χ2n) is 5.08. The van der Waals surface area contributed by atoms with E-state index in [1.54, 1.807) is 0 Å². The van der Waals surface area contributed by atoms with E-state index in [0.717, 1.165) is 35.4 Å². The molecule has 0 fully saturated rings. The van der Waals surface area contributed by atoms with Crippen molar-refractivity contribution in [3.05, 3.63) is 17.5 Å². The molecule has 2 aromatic rings. The van der Waals surface area contributed by atoms with Gasteiger partial charge in [-0.3, -0.25) is 9.78 Å². The molecule has 2 heterocycles. The van der Waals surface area contributed by atoms with Crippen LogP contribution in [0.4, 0.5) is 5.82 Å². The van der Waals surface area contributed by atoms with Crippen molar-refractivity contribution >= 4 is 5.82 Å². The van der Waals surface area contributed by atoms with Crippen molar-refractivity contribution in [2.45, 2.75) is 33.6 Å². The van der Waals surface area contributed by atoms with E-state index >= 15 is 0 Å². The van der Waals surface area contributed by atoms with Gasteiger partial charge < -0.3 is 5.73 Å². The minimum Gasteiger partial charge on any atom is -0.382 e. The first-order chi connectivity index (χ1) is 8.52. The molecule has 5 nitrogen and oxygen atoms in total. The normalized spacial score (nSPS) is 11.4. The Labute approximate surface area is 107 Å². The van der Waals surface area contributed by atoms with E-state index in [1.807, 2.05) is 17.9 Å². The summed E-state index contributed by atoms with van der Waals surface area (Å²) in [5.41, 5.74) is 10.3. The zero-order valence-electron chi connectivity index (χ0n) is 11.5. The number of nitrogen functional groups attached to an aromatic ring is 1. The molecular formula is C13H21N5. The van der Waals surface area contributed by atoms with Crippen LogP contribution in [0.5, 0.6) is 0 Å². The topological polar surface area (TPSA) is 72.5 Å². The lowest BCUT2D eigenvalue weighted by Gasteiger charge is -2.06. The van der Waals surface area contributed by atoms with E-state index in [0.29, 0.717) is 11.7 Å². The summed E-state index contributed by atoms with van der Waals surface area (Å²) in [7, 11) is 1.94. The fourth-order valence-corrected chi connectivity index (χ4v) is 2.22. The van der Waals surface area contributed by atoms with Crippen molar-refractivity contribution in [2.24, 2.45) is 13.0 Å². The molecule has 0 aromatic carbocycles. The monoisotopic (exact) mass is 247 g/mol. The van der Waals surface area contributed by atoms with Crippen LogP contribution in [0.25, 0.3) is 11.3 Å². The fraction of sp³-hybridized carbons (Fsp3) is 0.538. The summed E-state index contributed by atoms with van der Waals surface area (Å²) in [6.45, 7) is 6.47. The van der Waals surface area contributed by atoms with Crippen LogP contribution in [0.1, 0.15) is 32.0 Å². The van der Waals surface area contributed by atoms with Gasteiger partial charge in [0.25, 0.3) is 0 Å². The van der Waals surface area contributed by atoms with Crippen molar-refractivity contribution in [1.82, 2.24) is 20.0 Å². The Balaban J connectivity index is 2.50. The quantitative estimate of drug-likeness (QED) is 0.869. The zero-order valence-corrected chi connectivity index (χ0v) is 11.5. The van der Waals surface area contributed by atoms with Crippen molar-refractivity contribution in [1.29, 1.82) is 0 Å². The average molecular weight is 247 g/mol. The highest BCUT2D eigenvalue weighted by molar-refractivity contribution is 5.69. The Bertz CT molecular complexity index is 536. The molecule has 2 rings (SSSR count). The van der Waals surface area contributed by atoms with E-state index < -0.39 is 0 Å².